The van der Waals surface area contributed by atoms with E-state index in [4.69, 9.17) is 4.74 Å². The van der Waals surface area contributed by atoms with Gasteiger partial charge in [-0.05, 0) is 38.0 Å². The quantitative estimate of drug-likeness (QED) is 0.714. The van der Waals surface area contributed by atoms with Crippen LogP contribution < -0.4 is 0 Å². The number of fused-ring (bicyclic) bond motifs is 4. The summed E-state index contributed by atoms with van der Waals surface area (Å²) < 4.78 is 5.09. The fourth-order valence-corrected chi connectivity index (χ4v) is 3.12. The fraction of sp³-hybridized carbons (Fsp3) is 1.00. The average Bonchev–Trinajstić information content (AvgIpc) is 2.47. The summed E-state index contributed by atoms with van der Waals surface area (Å²) in [5.41, 5.74) is 0. The summed E-state index contributed by atoms with van der Waals surface area (Å²) in [6, 6.07) is 0.635. The molecule has 0 radical (unpaired) electrons. The van der Waals surface area contributed by atoms with Gasteiger partial charge >= 0.3 is 0 Å². The molecular formula is C12H23NO2. The van der Waals surface area contributed by atoms with Gasteiger partial charge in [0.25, 0.3) is 0 Å². The highest BCUT2D eigenvalue weighted by Crippen LogP contribution is 2.33. The molecule has 1 N–H and O–H groups in total. The standard InChI is InChI=1S/C12H23NO2/c1-15-6-2-5-13-9-10-3-4-11(13)8-12(14)7-10/h10-12,14H,2-9H2,1H3. The molecule has 3 fully saturated rings. The number of piperidine rings is 1. The van der Waals surface area contributed by atoms with Gasteiger partial charge in [0.2, 0.25) is 0 Å². The Morgan fingerprint density at radius 1 is 1.33 bits per heavy atom. The monoisotopic (exact) mass is 213 g/mol. The fourth-order valence-electron chi connectivity index (χ4n) is 3.12. The Hall–Kier alpha value is -0.120. The van der Waals surface area contributed by atoms with Crippen molar-refractivity contribution in [3.8, 4) is 0 Å². The second kappa shape index (κ2) is 5.28. The maximum absolute atomic E-state index is 9.81. The number of nitrogens with zero attached hydrogens (tertiary/aromatic N) is 1. The van der Waals surface area contributed by atoms with Crippen LogP contribution in [0.5, 0.6) is 0 Å². The Labute approximate surface area is 92.4 Å². The van der Waals surface area contributed by atoms with Gasteiger partial charge in [-0.2, -0.15) is 0 Å². The Bertz CT molecular complexity index is 198. The molecule has 3 aliphatic rings. The lowest BCUT2D eigenvalue weighted by atomic mass is 9.94. The third-order valence-corrected chi connectivity index (χ3v) is 3.86. The highest BCUT2D eigenvalue weighted by atomic mass is 16.5. The SMILES string of the molecule is COCCCN1CC2CCC1CC(O)C2. The van der Waals surface area contributed by atoms with Gasteiger partial charge in [-0.15, -0.1) is 0 Å². The second-order valence-electron chi connectivity index (χ2n) is 5.06. The maximum atomic E-state index is 9.81. The molecule has 15 heavy (non-hydrogen) atoms. The van der Waals surface area contributed by atoms with Crippen LogP contribution in [0.3, 0.4) is 0 Å². The number of aliphatic hydroxyl groups is 1. The lowest BCUT2D eigenvalue weighted by Crippen LogP contribution is -2.42. The first-order valence-corrected chi connectivity index (χ1v) is 6.20. The zero-order valence-corrected chi connectivity index (χ0v) is 9.69. The molecule has 3 rings (SSSR count). The van der Waals surface area contributed by atoms with Crippen LogP contribution in [-0.4, -0.2) is 49.0 Å². The number of rotatable bonds is 4. The first-order chi connectivity index (χ1) is 7.29. The molecule has 0 aromatic heterocycles. The summed E-state index contributed by atoms with van der Waals surface area (Å²) in [5, 5.41) is 9.81. The molecule has 0 aromatic rings. The lowest BCUT2D eigenvalue weighted by Gasteiger charge is -2.36. The van der Waals surface area contributed by atoms with Gasteiger partial charge in [-0.3, -0.25) is 4.90 Å². The minimum Gasteiger partial charge on any atom is -0.393 e. The molecular weight excluding hydrogens is 190 g/mol. The van der Waals surface area contributed by atoms with Crippen LogP contribution in [0.1, 0.15) is 32.1 Å². The summed E-state index contributed by atoms with van der Waals surface area (Å²) in [6.07, 6.45) is 5.70. The predicted molar refractivity (Wildman–Crippen MR) is 59.8 cm³/mol. The zero-order valence-electron chi connectivity index (χ0n) is 9.69. The van der Waals surface area contributed by atoms with Crippen LogP contribution in [0.4, 0.5) is 0 Å². The van der Waals surface area contributed by atoms with Crippen molar-refractivity contribution in [1.29, 1.82) is 0 Å². The van der Waals surface area contributed by atoms with Gasteiger partial charge in [0, 0.05) is 32.8 Å². The molecule has 3 atom stereocenters. The first kappa shape index (κ1) is 11.4. The summed E-state index contributed by atoms with van der Waals surface area (Å²) in [4.78, 5) is 2.57. The highest BCUT2D eigenvalue weighted by molar-refractivity contribution is 4.88. The largest absolute Gasteiger partial charge is 0.393 e. The van der Waals surface area contributed by atoms with E-state index >= 15 is 0 Å². The number of methoxy groups -OCH3 is 1. The van der Waals surface area contributed by atoms with Crippen LogP contribution in [0, 0.1) is 5.92 Å². The van der Waals surface area contributed by atoms with Crippen molar-refractivity contribution in [2.75, 3.05) is 26.8 Å². The molecule has 2 aliphatic heterocycles. The van der Waals surface area contributed by atoms with E-state index in [1.165, 1.54) is 19.4 Å². The Kier molecular flexibility index (Phi) is 4.00. The Balaban J connectivity index is 1.85. The zero-order chi connectivity index (χ0) is 10.7. The molecule has 3 unspecified atom stereocenters. The molecule has 0 spiro atoms. The molecule has 3 heteroatoms. The molecule has 3 nitrogen and oxygen atoms in total. The normalized spacial score (nSPS) is 36.8. The van der Waals surface area contributed by atoms with Crippen molar-refractivity contribution in [3.05, 3.63) is 0 Å². The average molecular weight is 213 g/mol. The minimum atomic E-state index is -0.0464. The number of hydrogen-bond donors (Lipinski definition) is 1. The molecule has 1 saturated carbocycles. The lowest BCUT2D eigenvalue weighted by molar-refractivity contribution is 0.1000. The van der Waals surface area contributed by atoms with Gasteiger partial charge in [0.1, 0.15) is 0 Å². The molecule has 0 aromatic carbocycles. The first-order valence-electron chi connectivity index (χ1n) is 6.20. The third kappa shape index (κ3) is 2.92. The van der Waals surface area contributed by atoms with Crippen molar-refractivity contribution < 1.29 is 9.84 Å². The van der Waals surface area contributed by atoms with Crippen molar-refractivity contribution in [2.45, 2.75) is 44.2 Å². The van der Waals surface area contributed by atoms with E-state index in [9.17, 15) is 5.11 Å². The van der Waals surface area contributed by atoms with Crippen molar-refractivity contribution in [3.63, 3.8) is 0 Å². The summed E-state index contributed by atoms with van der Waals surface area (Å²) in [5.74, 6) is 0.737. The summed E-state index contributed by atoms with van der Waals surface area (Å²) >= 11 is 0. The topological polar surface area (TPSA) is 32.7 Å². The summed E-state index contributed by atoms with van der Waals surface area (Å²) in [6.45, 7) is 3.20. The molecule has 88 valence electrons. The van der Waals surface area contributed by atoms with E-state index in [1.807, 2.05) is 0 Å². The Morgan fingerprint density at radius 2 is 2.20 bits per heavy atom. The molecule has 2 bridgehead atoms. The maximum Gasteiger partial charge on any atom is 0.0558 e. The van der Waals surface area contributed by atoms with Crippen molar-refractivity contribution in [1.82, 2.24) is 4.90 Å². The van der Waals surface area contributed by atoms with Gasteiger partial charge in [-0.25, -0.2) is 0 Å². The molecule has 1 aliphatic carbocycles. The molecule has 0 amide bonds. The van der Waals surface area contributed by atoms with E-state index in [2.05, 4.69) is 4.90 Å². The van der Waals surface area contributed by atoms with E-state index in [1.54, 1.807) is 7.11 Å². The minimum absolute atomic E-state index is 0.0464. The van der Waals surface area contributed by atoms with E-state index < -0.39 is 0 Å². The van der Waals surface area contributed by atoms with Crippen molar-refractivity contribution in [2.24, 2.45) is 5.92 Å². The van der Waals surface area contributed by atoms with Gasteiger partial charge in [0.05, 0.1) is 6.10 Å². The Morgan fingerprint density at radius 3 is 3.00 bits per heavy atom. The van der Waals surface area contributed by atoms with E-state index in [-0.39, 0.29) is 6.10 Å². The van der Waals surface area contributed by atoms with E-state index in [0.29, 0.717) is 6.04 Å². The van der Waals surface area contributed by atoms with Crippen molar-refractivity contribution >= 4 is 0 Å². The smallest absolute Gasteiger partial charge is 0.0558 e. The number of hydrogen-bond acceptors (Lipinski definition) is 3. The number of ether oxygens (including phenoxy) is 1. The van der Waals surface area contributed by atoms with E-state index in [0.717, 1.165) is 38.3 Å². The van der Waals surface area contributed by atoms with Crippen LogP contribution in [0.25, 0.3) is 0 Å². The molecule has 2 heterocycles. The van der Waals surface area contributed by atoms with Crippen LogP contribution in [-0.2, 0) is 4.74 Å². The molecule has 2 saturated heterocycles. The van der Waals surface area contributed by atoms with Crippen LogP contribution >= 0.6 is 0 Å². The van der Waals surface area contributed by atoms with Gasteiger partial charge in [0.15, 0.2) is 0 Å². The van der Waals surface area contributed by atoms with Crippen LogP contribution in [0.15, 0.2) is 0 Å². The van der Waals surface area contributed by atoms with Crippen LogP contribution in [0.2, 0.25) is 0 Å². The highest BCUT2D eigenvalue weighted by Gasteiger charge is 2.34. The van der Waals surface area contributed by atoms with Gasteiger partial charge in [-0.1, -0.05) is 0 Å². The predicted octanol–water partition coefficient (Wildman–Crippen LogP) is 1.26. The summed E-state index contributed by atoms with van der Waals surface area (Å²) in [7, 11) is 1.76. The van der Waals surface area contributed by atoms with Gasteiger partial charge < -0.3 is 9.84 Å². The third-order valence-electron chi connectivity index (χ3n) is 3.86. The second-order valence-corrected chi connectivity index (χ2v) is 5.06. The number of aliphatic hydroxyl groups excluding tert-OH is 1.